The van der Waals surface area contributed by atoms with Gasteiger partial charge in [-0.3, -0.25) is 19.7 Å². The molecule has 0 aliphatic carbocycles. The lowest BCUT2D eigenvalue weighted by Crippen LogP contribution is -2.31. The van der Waals surface area contributed by atoms with Gasteiger partial charge in [0.25, 0.3) is 5.24 Å². The molecule has 0 aromatic heterocycles. The molecule has 2 atom stereocenters. The first-order valence-corrected chi connectivity index (χ1v) is 10.9. The van der Waals surface area contributed by atoms with E-state index in [1.54, 1.807) is 7.11 Å². The van der Waals surface area contributed by atoms with Crippen LogP contribution in [0.1, 0.15) is 29.0 Å². The van der Waals surface area contributed by atoms with E-state index in [9.17, 15) is 14.4 Å². The van der Waals surface area contributed by atoms with E-state index in [1.165, 1.54) is 0 Å². The molecule has 0 saturated carbocycles. The van der Waals surface area contributed by atoms with Crippen LogP contribution in [0.5, 0.6) is 5.75 Å². The number of carbonyl (C=O) groups excluding carboxylic acids is 3. The smallest absolute Gasteiger partial charge is 0.286 e. The molecule has 2 heterocycles. The van der Waals surface area contributed by atoms with Gasteiger partial charge in [-0.2, -0.15) is 0 Å². The molecule has 29 heavy (non-hydrogen) atoms. The average molecular weight is 475 g/mol. The number of hydrogen-bond acceptors (Lipinski definition) is 5. The van der Waals surface area contributed by atoms with E-state index in [0.29, 0.717) is 30.7 Å². The lowest BCUT2D eigenvalue weighted by Gasteiger charge is -2.28. The summed E-state index contributed by atoms with van der Waals surface area (Å²) < 4.78 is 6.41. The molecular weight excluding hydrogens is 456 g/mol. The second-order valence-corrected chi connectivity index (χ2v) is 9.04. The first kappa shape index (κ1) is 20.0. The quantitative estimate of drug-likeness (QED) is 0.683. The molecule has 1 fully saturated rings. The van der Waals surface area contributed by atoms with Gasteiger partial charge in [-0.1, -0.05) is 45.9 Å². The summed E-state index contributed by atoms with van der Waals surface area (Å²) in [5.41, 5.74) is 3.66. The predicted octanol–water partition coefficient (Wildman–Crippen LogP) is 4.02. The van der Waals surface area contributed by atoms with Crippen molar-refractivity contribution in [2.45, 2.75) is 30.4 Å². The van der Waals surface area contributed by atoms with Crippen LogP contribution in [0, 0.1) is 0 Å². The molecule has 1 saturated heterocycles. The number of amides is 3. The third kappa shape index (κ3) is 4.04. The van der Waals surface area contributed by atoms with Crippen LogP contribution in [0.3, 0.4) is 0 Å². The van der Waals surface area contributed by atoms with Gasteiger partial charge in [0.1, 0.15) is 11.0 Å². The van der Waals surface area contributed by atoms with Crippen molar-refractivity contribution in [1.29, 1.82) is 0 Å². The molecule has 3 amide bonds. The topological polar surface area (TPSA) is 84.5 Å². The Kier molecular flexibility index (Phi) is 5.65. The molecule has 2 aromatic rings. The Morgan fingerprint density at radius 2 is 1.86 bits per heavy atom. The largest absolute Gasteiger partial charge is 0.495 e. The normalized spacial score (nSPS) is 19.4. The van der Waals surface area contributed by atoms with E-state index in [1.807, 2.05) is 36.4 Å². The van der Waals surface area contributed by atoms with Crippen molar-refractivity contribution in [2.24, 2.45) is 0 Å². The molecule has 0 spiro atoms. The summed E-state index contributed by atoms with van der Waals surface area (Å²) in [6.07, 6.45) is 1.54. The summed E-state index contributed by atoms with van der Waals surface area (Å²) in [4.78, 5) is 36.4. The lowest BCUT2D eigenvalue weighted by atomic mass is 9.83. The van der Waals surface area contributed by atoms with Crippen LogP contribution in [-0.4, -0.2) is 29.4 Å². The zero-order chi connectivity index (χ0) is 20.5. The fraction of sp³-hybridized carbons (Fsp3) is 0.286. The summed E-state index contributed by atoms with van der Waals surface area (Å²) in [6.45, 7) is 0. The fourth-order valence-electron chi connectivity index (χ4n) is 3.90. The van der Waals surface area contributed by atoms with Gasteiger partial charge in [-0.15, -0.1) is 0 Å². The molecule has 2 unspecified atom stereocenters. The zero-order valence-corrected chi connectivity index (χ0v) is 18.1. The minimum absolute atomic E-state index is 0.0550. The third-order valence-electron chi connectivity index (χ3n) is 5.25. The van der Waals surface area contributed by atoms with Gasteiger partial charge in [-0.05, 0) is 47.7 Å². The van der Waals surface area contributed by atoms with Crippen molar-refractivity contribution < 1.29 is 19.1 Å². The van der Waals surface area contributed by atoms with E-state index in [0.717, 1.165) is 32.9 Å². The van der Waals surface area contributed by atoms with E-state index in [-0.39, 0.29) is 23.0 Å². The van der Waals surface area contributed by atoms with Gasteiger partial charge in [0.2, 0.25) is 11.8 Å². The van der Waals surface area contributed by atoms with Crippen LogP contribution in [0.4, 0.5) is 10.5 Å². The van der Waals surface area contributed by atoms with Crippen molar-refractivity contribution in [2.75, 3.05) is 12.4 Å². The number of methoxy groups -OCH3 is 1. The Bertz CT molecular complexity index is 993. The predicted molar refractivity (Wildman–Crippen MR) is 115 cm³/mol. The third-order valence-corrected chi connectivity index (χ3v) is 6.89. The molecule has 6 nitrogen and oxygen atoms in total. The highest BCUT2D eigenvalue weighted by Gasteiger charge is 2.40. The van der Waals surface area contributed by atoms with Crippen LogP contribution in [-0.2, 0) is 22.4 Å². The molecule has 2 aromatic carbocycles. The number of halogens is 1. The van der Waals surface area contributed by atoms with E-state index in [4.69, 9.17) is 4.74 Å². The monoisotopic (exact) mass is 474 g/mol. The number of thioether (sulfide) groups is 1. The second kappa shape index (κ2) is 8.20. The minimum atomic E-state index is -0.527. The Morgan fingerprint density at radius 3 is 2.52 bits per heavy atom. The first-order valence-electron chi connectivity index (χ1n) is 9.22. The van der Waals surface area contributed by atoms with Crippen molar-refractivity contribution in [3.63, 3.8) is 0 Å². The summed E-state index contributed by atoms with van der Waals surface area (Å²) in [6, 6.07) is 11.7. The van der Waals surface area contributed by atoms with Gasteiger partial charge >= 0.3 is 0 Å². The molecular formula is C21H19BrN2O4S. The number of fused-ring (bicyclic) bond motifs is 1. The molecule has 8 heteroatoms. The van der Waals surface area contributed by atoms with Crippen LogP contribution in [0.25, 0.3) is 0 Å². The molecule has 150 valence electrons. The maximum Gasteiger partial charge on any atom is 0.286 e. The molecule has 4 rings (SSSR count). The van der Waals surface area contributed by atoms with E-state index < -0.39 is 5.25 Å². The molecule has 0 radical (unpaired) electrons. The van der Waals surface area contributed by atoms with Gasteiger partial charge in [0.15, 0.2) is 0 Å². The van der Waals surface area contributed by atoms with E-state index >= 15 is 0 Å². The Morgan fingerprint density at radius 1 is 1.10 bits per heavy atom. The van der Waals surface area contributed by atoms with Gasteiger partial charge in [0.05, 0.1) is 12.8 Å². The summed E-state index contributed by atoms with van der Waals surface area (Å²) >= 11 is 4.48. The highest BCUT2D eigenvalue weighted by molar-refractivity contribution is 9.10. The number of imide groups is 1. The maximum absolute atomic E-state index is 12.5. The number of benzene rings is 2. The molecule has 2 aliphatic heterocycles. The lowest BCUT2D eigenvalue weighted by molar-refractivity contribution is -0.119. The number of anilines is 1. The Hall–Kier alpha value is -2.32. The molecule has 2 N–H and O–H groups in total. The van der Waals surface area contributed by atoms with Crippen molar-refractivity contribution >= 4 is 50.4 Å². The average Bonchev–Trinajstić information content (AvgIpc) is 3.04. The number of ether oxygens (including phenoxy) is 1. The molecule has 2 aliphatic rings. The standard InChI is InChI=1S/C21H19BrN2O4S/c1-28-16-8-6-13(14-7-9-17(25)23-18(14)16)15(19-20(26)24-21(27)29-19)10-11-2-4-12(22)5-3-11/h2-6,8,15,19H,7,9-10H2,1H3,(H,23,25)(H,24,26,27). The van der Waals surface area contributed by atoms with Gasteiger partial charge in [-0.25, -0.2) is 0 Å². The number of nitrogens with one attached hydrogen (secondary N) is 2. The highest BCUT2D eigenvalue weighted by atomic mass is 79.9. The van der Waals surface area contributed by atoms with Crippen LogP contribution in [0.2, 0.25) is 0 Å². The summed E-state index contributed by atoms with van der Waals surface area (Å²) in [5, 5.41) is 4.47. The zero-order valence-electron chi connectivity index (χ0n) is 15.7. The highest BCUT2D eigenvalue weighted by Crippen LogP contribution is 2.43. The Labute approximate surface area is 180 Å². The fourth-order valence-corrected chi connectivity index (χ4v) is 5.12. The summed E-state index contributed by atoms with van der Waals surface area (Å²) in [7, 11) is 1.56. The minimum Gasteiger partial charge on any atom is -0.495 e. The van der Waals surface area contributed by atoms with Gasteiger partial charge < -0.3 is 10.1 Å². The molecule has 0 bridgehead atoms. The van der Waals surface area contributed by atoms with E-state index in [2.05, 4.69) is 26.6 Å². The first-order chi connectivity index (χ1) is 14.0. The number of hydrogen-bond donors (Lipinski definition) is 2. The summed E-state index contributed by atoms with van der Waals surface area (Å²) in [5.74, 6) is 0.0492. The van der Waals surface area contributed by atoms with Gasteiger partial charge in [0, 0.05) is 16.8 Å². The van der Waals surface area contributed by atoms with Crippen LogP contribution < -0.4 is 15.4 Å². The number of carbonyl (C=O) groups is 3. The SMILES string of the molecule is COc1ccc(C(Cc2ccc(Br)cc2)C2SC(=O)NC2=O)c2c1NC(=O)CC2. The maximum atomic E-state index is 12.5. The second-order valence-electron chi connectivity index (χ2n) is 7.01. The van der Waals surface area contributed by atoms with Crippen molar-refractivity contribution in [3.05, 3.63) is 57.6 Å². The Balaban J connectivity index is 1.79. The van der Waals surface area contributed by atoms with Crippen LogP contribution in [0.15, 0.2) is 40.9 Å². The number of rotatable bonds is 5. The van der Waals surface area contributed by atoms with Crippen LogP contribution >= 0.6 is 27.7 Å². The van der Waals surface area contributed by atoms with Crippen molar-refractivity contribution in [3.8, 4) is 5.75 Å². The van der Waals surface area contributed by atoms with Crippen molar-refractivity contribution in [1.82, 2.24) is 5.32 Å².